The van der Waals surface area contributed by atoms with Crippen LogP contribution in [-0.4, -0.2) is 42.3 Å². The summed E-state index contributed by atoms with van der Waals surface area (Å²) in [6.45, 7) is 9.53. The molecule has 19 heavy (non-hydrogen) atoms. The average molecular weight is 271 g/mol. The molecule has 110 valence electrons. The number of amides is 1. The number of Topliss-reactive ketones (excluding diaryl/α,β-unsaturated/α-hetero) is 1. The predicted octanol–water partition coefficient (Wildman–Crippen LogP) is 1.65. The van der Waals surface area contributed by atoms with Gasteiger partial charge in [-0.05, 0) is 0 Å². The first kappa shape index (κ1) is 17.6. The van der Waals surface area contributed by atoms with Gasteiger partial charge in [0.1, 0.15) is 12.4 Å². The molecular formula is C14H25NO4. The molecule has 1 amide bonds. The van der Waals surface area contributed by atoms with E-state index in [1.54, 1.807) is 4.90 Å². The molecule has 0 radical (unpaired) electrons. The van der Waals surface area contributed by atoms with Crippen molar-refractivity contribution in [2.45, 2.75) is 41.0 Å². The van der Waals surface area contributed by atoms with E-state index < -0.39 is 0 Å². The molecule has 0 aromatic carbocycles. The minimum atomic E-state index is -0.366. The van der Waals surface area contributed by atoms with E-state index >= 15 is 0 Å². The Hall–Kier alpha value is -1.39. The van der Waals surface area contributed by atoms with Gasteiger partial charge in [0, 0.05) is 31.7 Å². The second-order valence-corrected chi connectivity index (χ2v) is 5.19. The fourth-order valence-electron chi connectivity index (χ4n) is 1.53. The maximum atomic E-state index is 12.0. The quantitative estimate of drug-likeness (QED) is 0.630. The zero-order valence-electron chi connectivity index (χ0n) is 12.6. The Labute approximate surface area is 115 Å². The molecule has 0 aromatic heterocycles. The third-order valence-corrected chi connectivity index (χ3v) is 2.74. The minimum absolute atomic E-state index is 0.0236. The zero-order chi connectivity index (χ0) is 15.0. The Morgan fingerprint density at radius 1 is 1.00 bits per heavy atom. The molecule has 0 spiro atoms. The Bertz CT molecular complexity index is 323. The van der Waals surface area contributed by atoms with Crippen molar-refractivity contribution in [1.29, 1.82) is 0 Å². The van der Waals surface area contributed by atoms with Crippen molar-refractivity contribution in [3.63, 3.8) is 0 Å². The summed E-state index contributed by atoms with van der Waals surface area (Å²) in [6.07, 6.45) is 0.343. The highest BCUT2D eigenvalue weighted by atomic mass is 16.5. The highest BCUT2D eigenvalue weighted by molar-refractivity contribution is 5.82. The first-order valence-electron chi connectivity index (χ1n) is 6.70. The summed E-state index contributed by atoms with van der Waals surface area (Å²) in [5.74, 6) is -0.413. The fraction of sp³-hybridized carbons (Fsp3) is 0.786. The third-order valence-electron chi connectivity index (χ3n) is 2.74. The molecular weight excluding hydrogens is 246 g/mol. The summed E-state index contributed by atoms with van der Waals surface area (Å²) >= 11 is 0. The summed E-state index contributed by atoms with van der Waals surface area (Å²) in [4.78, 5) is 35.9. The Kier molecular flexibility index (Phi) is 8.03. The molecule has 0 bridgehead atoms. The summed E-state index contributed by atoms with van der Waals surface area (Å²) in [7, 11) is 0. The number of hydrogen-bond acceptors (Lipinski definition) is 4. The molecule has 0 saturated carbocycles. The smallest absolute Gasteiger partial charge is 0.302 e. The maximum absolute atomic E-state index is 12.0. The maximum Gasteiger partial charge on any atom is 0.302 e. The molecule has 0 heterocycles. The lowest BCUT2D eigenvalue weighted by Crippen LogP contribution is -2.38. The van der Waals surface area contributed by atoms with E-state index in [4.69, 9.17) is 4.74 Å². The van der Waals surface area contributed by atoms with E-state index in [0.29, 0.717) is 19.5 Å². The molecule has 0 rings (SSSR count). The summed E-state index contributed by atoms with van der Waals surface area (Å²) in [6, 6.07) is 0. The van der Waals surface area contributed by atoms with Crippen molar-refractivity contribution >= 4 is 17.7 Å². The van der Waals surface area contributed by atoms with Crippen LogP contribution in [0.3, 0.4) is 0 Å². The van der Waals surface area contributed by atoms with Crippen LogP contribution in [-0.2, 0) is 19.1 Å². The van der Waals surface area contributed by atoms with Crippen molar-refractivity contribution in [3.05, 3.63) is 0 Å². The number of esters is 1. The molecule has 5 nitrogen and oxygen atoms in total. The van der Waals surface area contributed by atoms with Gasteiger partial charge in [0.2, 0.25) is 5.91 Å². The van der Waals surface area contributed by atoms with Crippen LogP contribution in [0, 0.1) is 11.8 Å². The van der Waals surface area contributed by atoms with E-state index in [1.807, 2.05) is 27.7 Å². The first-order valence-corrected chi connectivity index (χ1v) is 6.70. The lowest BCUT2D eigenvalue weighted by atomic mass is 10.1. The van der Waals surface area contributed by atoms with Crippen molar-refractivity contribution < 1.29 is 19.1 Å². The fourth-order valence-corrected chi connectivity index (χ4v) is 1.53. The molecule has 0 aliphatic heterocycles. The molecule has 0 fully saturated rings. The van der Waals surface area contributed by atoms with Crippen LogP contribution in [0.25, 0.3) is 0 Å². The number of carbonyl (C=O) groups excluding carboxylic acids is 3. The summed E-state index contributed by atoms with van der Waals surface area (Å²) in [5, 5.41) is 0. The highest BCUT2D eigenvalue weighted by Gasteiger charge is 2.18. The van der Waals surface area contributed by atoms with Gasteiger partial charge in [-0.1, -0.05) is 27.7 Å². The van der Waals surface area contributed by atoms with E-state index in [0.717, 1.165) is 0 Å². The van der Waals surface area contributed by atoms with Gasteiger partial charge >= 0.3 is 5.97 Å². The van der Waals surface area contributed by atoms with Gasteiger partial charge < -0.3 is 9.64 Å². The van der Waals surface area contributed by atoms with Gasteiger partial charge in [-0.2, -0.15) is 0 Å². The van der Waals surface area contributed by atoms with Crippen molar-refractivity contribution in [2.24, 2.45) is 11.8 Å². The number of nitrogens with zero attached hydrogens (tertiary/aromatic N) is 1. The van der Waals surface area contributed by atoms with Gasteiger partial charge in [0.15, 0.2) is 0 Å². The van der Waals surface area contributed by atoms with E-state index in [-0.39, 0.29) is 36.1 Å². The van der Waals surface area contributed by atoms with Gasteiger partial charge in [0.25, 0.3) is 0 Å². The molecule has 0 saturated heterocycles. The van der Waals surface area contributed by atoms with Crippen molar-refractivity contribution in [2.75, 3.05) is 19.7 Å². The van der Waals surface area contributed by atoms with Gasteiger partial charge in [-0.15, -0.1) is 0 Å². The van der Waals surface area contributed by atoms with Crippen LogP contribution in [0.1, 0.15) is 41.0 Å². The first-order chi connectivity index (χ1) is 8.75. The van der Waals surface area contributed by atoms with E-state index in [1.165, 1.54) is 6.92 Å². The lowest BCUT2D eigenvalue weighted by molar-refractivity contribution is -0.144. The standard InChI is InChI=1S/C14H25NO4/c1-10(2)13(17)6-7-15(14(18)11(3)4)8-9-19-12(5)16/h10-11H,6-9H2,1-5H3. The zero-order valence-corrected chi connectivity index (χ0v) is 12.6. The molecule has 0 N–H and O–H groups in total. The number of carbonyl (C=O) groups is 3. The minimum Gasteiger partial charge on any atom is -0.464 e. The second kappa shape index (κ2) is 8.67. The molecule has 0 unspecified atom stereocenters. The average Bonchev–Trinajstić information content (AvgIpc) is 2.31. The van der Waals surface area contributed by atoms with Crippen LogP contribution in [0.15, 0.2) is 0 Å². The van der Waals surface area contributed by atoms with Gasteiger partial charge in [-0.25, -0.2) is 0 Å². The summed E-state index contributed by atoms with van der Waals surface area (Å²) in [5.41, 5.74) is 0. The number of ether oxygens (including phenoxy) is 1. The predicted molar refractivity (Wildman–Crippen MR) is 72.5 cm³/mol. The van der Waals surface area contributed by atoms with Gasteiger partial charge in [-0.3, -0.25) is 14.4 Å². The van der Waals surface area contributed by atoms with E-state index in [9.17, 15) is 14.4 Å². The lowest BCUT2D eigenvalue weighted by Gasteiger charge is -2.24. The second-order valence-electron chi connectivity index (χ2n) is 5.19. The molecule has 0 aromatic rings. The summed E-state index contributed by atoms with van der Waals surface area (Å²) < 4.78 is 4.84. The Balaban J connectivity index is 4.38. The Morgan fingerprint density at radius 2 is 1.58 bits per heavy atom. The normalized spacial score (nSPS) is 10.7. The van der Waals surface area contributed by atoms with Crippen LogP contribution in [0.5, 0.6) is 0 Å². The SMILES string of the molecule is CC(=O)OCCN(CCC(=O)C(C)C)C(=O)C(C)C. The third kappa shape index (κ3) is 7.59. The van der Waals surface area contributed by atoms with E-state index in [2.05, 4.69) is 0 Å². The number of hydrogen-bond donors (Lipinski definition) is 0. The molecule has 0 atom stereocenters. The largest absolute Gasteiger partial charge is 0.464 e. The number of ketones is 1. The molecule has 5 heteroatoms. The van der Waals surface area contributed by atoms with Crippen LogP contribution in [0.4, 0.5) is 0 Å². The van der Waals surface area contributed by atoms with Crippen molar-refractivity contribution in [3.8, 4) is 0 Å². The van der Waals surface area contributed by atoms with Crippen LogP contribution < -0.4 is 0 Å². The van der Waals surface area contributed by atoms with Crippen LogP contribution in [0.2, 0.25) is 0 Å². The topological polar surface area (TPSA) is 63.7 Å². The molecule has 0 aliphatic carbocycles. The number of rotatable bonds is 8. The molecule has 0 aliphatic rings. The Morgan fingerprint density at radius 3 is 2.00 bits per heavy atom. The monoisotopic (exact) mass is 271 g/mol. The van der Waals surface area contributed by atoms with Crippen LogP contribution >= 0.6 is 0 Å². The van der Waals surface area contributed by atoms with Gasteiger partial charge in [0.05, 0.1) is 6.54 Å². The highest BCUT2D eigenvalue weighted by Crippen LogP contribution is 2.05. The van der Waals surface area contributed by atoms with Crippen molar-refractivity contribution in [1.82, 2.24) is 4.90 Å².